The van der Waals surface area contributed by atoms with Gasteiger partial charge in [0.25, 0.3) is 5.91 Å². The molecule has 0 bridgehead atoms. The number of nitrogens with zero attached hydrogens (tertiary/aromatic N) is 4. The summed E-state index contributed by atoms with van der Waals surface area (Å²) in [6.07, 6.45) is 4.09. The molecular weight excluding hydrogens is 410 g/mol. The number of aromatic nitrogens is 4. The summed E-state index contributed by atoms with van der Waals surface area (Å²) in [5.41, 5.74) is 3.86. The molecule has 5 rings (SSSR count). The topological polar surface area (TPSA) is 113 Å². The van der Waals surface area contributed by atoms with E-state index in [2.05, 4.69) is 20.2 Å². The van der Waals surface area contributed by atoms with Crippen molar-refractivity contribution in [3.8, 4) is 22.8 Å². The van der Waals surface area contributed by atoms with Crippen molar-refractivity contribution in [2.45, 2.75) is 12.3 Å². The minimum atomic E-state index is -0.245. The Labute approximate surface area is 183 Å². The number of carbonyl (C=O) groups is 1. The first-order chi connectivity index (χ1) is 15.5. The molecule has 3 heterocycles. The fourth-order valence-corrected chi connectivity index (χ4v) is 3.86. The van der Waals surface area contributed by atoms with Gasteiger partial charge >= 0.3 is 0 Å². The Morgan fingerprint density at radius 2 is 2.09 bits per heavy atom. The van der Waals surface area contributed by atoms with Crippen LogP contribution in [0.5, 0.6) is 11.6 Å². The van der Waals surface area contributed by atoms with Gasteiger partial charge in [-0.25, -0.2) is 10.0 Å². The Bertz CT molecular complexity index is 1310. The molecule has 1 amide bonds. The van der Waals surface area contributed by atoms with Crippen LogP contribution in [0.4, 0.5) is 0 Å². The zero-order chi connectivity index (χ0) is 22.2. The van der Waals surface area contributed by atoms with Crippen molar-refractivity contribution in [2.75, 3.05) is 20.8 Å². The molecule has 162 valence electrons. The van der Waals surface area contributed by atoms with Gasteiger partial charge < -0.3 is 9.84 Å². The van der Waals surface area contributed by atoms with Gasteiger partial charge in [0.05, 0.1) is 36.7 Å². The highest BCUT2D eigenvalue weighted by Gasteiger charge is 2.26. The number of fused-ring (bicyclic) bond motifs is 2. The standard InChI is InChI=1S/C23H21N5O4/c1-28(31-2)23(30)14-4-6-20-15(7-14)8-16(12-32-20)21-26-19-5-3-13(17-10-24-25-11-17)9-18(19)22(29)27-21/h3-7,9-11,16H,8,12H2,1-2H3,(H,24,25)(H,26,27,29). The molecule has 4 aromatic rings. The second-order valence-corrected chi connectivity index (χ2v) is 7.64. The lowest BCUT2D eigenvalue weighted by Crippen LogP contribution is -2.26. The summed E-state index contributed by atoms with van der Waals surface area (Å²) in [6, 6.07) is 10.9. The molecule has 1 atom stereocenters. The van der Waals surface area contributed by atoms with Crippen LogP contribution < -0.4 is 4.74 Å². The lowest BCUT2D eigenvalue weighted by molar-refractivity contribution is -0.0757. The quantitative estimate of drug-likeness (QED) is 0.477. The third-order valence-corrected chi connectivity index (χ3v) is 5.66. The normalized spacial score (nSPS) is 15.2. The van der Waals surface area contributed by atoms with Crippen LogP contribution in [0.1, 0.15) is 27.7 Å². The van der Waals surface area contributed by atoms with Gasteiger partial charge in [-0.1, -0.05) is 6.07 Å². The number of nitrogens with one attached hydrogen (secondary N) is 1. The van der Waals surface area contributed by atoms with Crippen molar-refractivity contribution in [1.29, 1.82) is 0 Å². The molecule has 9 heteroatoms. The molecule has 0 fully saturated rings. The van der Waals surface area contributed by atoms with Gasteiger partial charge in [0, 0.05) is 24.4 Å². The molecule has 0 saturated heterocycles. The molecule has 1 aliphatic rings. The maximum atomic E-state index is 12.4. The van der Waals surface area contributed by atoms with E-state index in [1.54, 1.807) is 37.6 Å². The number of amides is 1. The van der Waals surface area contributed by atoms with Crippen LogP contribution in [0.3, 0.4) is 0 Å². The van der Waals surface area contributed by atoms with Crippen LogP contribution in [-0.2, 0) is 11.3 Å². The van der Waals surface area contributed by atoms with E-state index >= 15 is 0 Å². The molecular formula is C23H21N5O4. The third kappa shape index (κ3) is 3.52. The second kappa shape index (κ2) is 7.93. The number of H-pyrrole nitrogens is 1. The van der Waals surface area contributed by atoms with E-state index in [1.807, 2.05) is 18.2 Å². The van der Waals surface area contributed by atoms with E-state index < -0.39 is 0 Å². The lowest BCUT2D eigenvalue weighted by Gasteiger charge is -2.25. The van der Waals surface area contributed by atoms with E-state index in [-0.39, 0.29) is 17.7 Å². The number of aromatic amines is 1. The predicted octanol–water partition coefficient (Wildman–Crippen LogP) is 3.08. The van der Waals surface area contributed by atoms with Gasteiger partial charge in [-0.15, -0.1) is 0 Å². The van der Waals surface area contributed by atoms with Crippen molar-refractivity contribution in [2.24, 2.45) is 0 Å². The zero-order valence-corrected chi connectivity index (χ0v) is 17.6. The Morgan fingerprint density at radius 3 is 2.88 bits per heavy atom. The monoisotopic (exact) mass is 431 g/mol. The summed E-state index contributed by atoms with van der Waals surface area (Å²) < 4.78 is 5.90. The van der Waals surface area contributed by atoms with Gasteiger partial charge in [0.15, 0.2) is 0 Å². The number of benzene rings is 2. The summed E-state index contributed by atoms with van der Waals surface area (Å²) in [5.74, 6) is 0.754. The molecule has 9 nitrogen and oxygen atoms in total. The van der Waals surface area contributed by atoms with Gasteiger partial charge in [0.2, 0.25) is 5.88 Å². The molecule has 0 spiro atoms. The minimum Gasteiger partial charge on any atom is -0.493 e. The van der Waals surface area contributed by atoms with Gasteiger partial charge in [0.1, 0.15) is 11.6 Å². The highest BCUT2D eigenvalue weighted by atomic mass is 16.7. The van der Waals surface area contributed by atoms with Crippen LogP contribution in [-0.4, -0.2) is 57.0 Å². The summed E-state index contributed by atoms with van der Waals surface area (Å²) in [5, 5.41) is 19.1. The highest BCUT2D eigenvalue weighted by Crippen LogP contribution is 2.34. The van der Waals surface area contributed by atoms with E-state index in [0.29, 0.717) is 35.3 Å². The molecule has 0 saturated carbocycles. The Morgan fingerprint density at radius 1 is 1.22 bits per heavy atom. The molecule has 2 aromatic carbocycles. The van der Waals surface area contributed by atoms with Crippen LogP contribution in [0.2, 0.25) is 0 Å². The van der Waals surface area contributed by atoms with Crippen molar-refractivity contribution < 1.29 is 19.5 Å². The number of aromatic hydroxyl groups is 1. The largest absolute Gasteiger partial charge is 0.493 e. The molecule has 2 N–H and O–H groups in total. The number of carbonyl (C=O) groups excluding carboxylic acids is 1. The van der Waals surface area contributed by atoms with Crippen LogP contribution >= 0.6 is 0 Å². The van der Waals surface area contributed by atoms with Gasteiger partial charge in [-0.3, -0.25) is 14.7 Å². The highest BCUT2D eigenvalue weighted by molar-refractivity contribution is 5.93. The van der Waals surface area contributed by atoms with Gasteiger partial charge in [-0.2, -0.15) is 10.1 Å². The predicted molar refractivity (Wildman–Crippen MR) is 116 cm³/mol. The number of ether oxygens (including phenoxy) is 1. The maximum Gasteiger partial charge on any atom is 0.277 e. The SMILES string of the molecule is CON(C)C(=O)c1ccc2c(c1)CC(c1nc(O)c3cc(-c4cn[nH]c4)ccc3n1)CO2. The number of rotatable bonds is 4. The first kappa shape index (κ1) is 20.0. The van der Waals surface area contributed by atoms with Crippen molar-refractivity contribution in [3.05, 3.63) is 65.7 Å². The average Bonchev–Trinajstić information content (AvgIpc) is 3.37. The molecule has 0 aliphatic carbocycles. The minimum absolute atomic E-state index is 0.0770. The summed E-state index contributed by atoms with van der Waals surface area (Å²) in [6.45, 7) is 0.385. The first-order valence-electron chi connectivity index (χ1n) is 10.1. The van der Waals surface area contributed by atoms with E-state index in [0.717, 1.165) is 22.4 Å². The van der Waals surface area contributed by atoms with Crippen LogP contribution in [0, 0.1) is 0 Å². The van der Waals surface area contributed by atoms with Crippen molar-refractivity contribution >= 4 is 16.8 Å². The molecule has 1 aliphatic heterocycles. The summed E-state index contributed by atoms with van der Waals surface area (Å²) in [4.78, 5) is 26.4. The van der Waals surface area contributed by atoms with E-state index in [1.165, 1.54) is 12.2 Å². The summed E-state index contributed by atoms with van der Waals surface area (Å²) >= 11 is 0. The molecule has 1 unspecified atom stereocenters. The van der Waals surface area contributed by atoms with E-state index in [4.69, 9.17) is 9.57 Å². The molecule has 0 radical (unpaired) electrons. The Balaban J connectivity index is 1.45. The number of hydrogen-bond acceptors (Lipinski definition) is 7. The lowest BCUT2D eigenvalue weighted by atomic mass is 9.94. The van der Waals surface area contributed by atoms with Crippen LogP contribution in [0.25, 0.3) is 22.0 Å². The third-order valence-electron chi connectivity index (χ3n) is 5.66. The fraction of sp³-hybridized carbons (Fsp3) is 0.217. The van der Waals surface area contributed by atoms with Gasteiger partial charge in [-0.05, 0) is 47.9 Å². The van der Waals surface area contributed by atoms with Crippen molar-refractivity contribution in [3.63, 3.8) is 0 Å². The number of hydroxylamine groups is 2. The fourth-order valence-electron chi connectivity index (χ4n) is 3.86. The molecule has 32 heavy (non-hydrogen) atoms. The Kier molecular flexibility index (Phi) is 4.95. The molecule has 2 aromatic heterocycles. The first-order valence-corrected chi connectivity index (χ1v) is 10.1. The maximum absolute atomic E-state index is 12.4. The second-order valence-electron chi connectivity index (χ2n) is 7.64. The zero-order valence-electron chi connectivity index (χ0n) is 17.6. The van der Waals surface area contributed by atoms with Crippen molar-refractivity contribution in [1.82, 2.24) is 25.2 Å². The average molecular weight is 431 g/mol. The van der Waals surface area contributed by atoms with Crippen LogP contribution in [0.15, 0.2) is 48.8 Å². The number of hydrogen-bond donors (Lipinski definition) is 2. The Hall–Kier alpha value is -3.98. The van der Waals surface area contributed by atoms with E-state index in [9.17, 15) is 9.90 Å². The summed E-state index contributed by atoms with van der Waals surface area (Å²) in [7, 11) is 3.00. The smallest absolute Gasteiger partial charge is 0.277 e.